The Hall–Kier alpha value is -1.60. The van der Waals surface area contributed by atoms with Crippen molar-refractivity contribution in [2.75, 3.05) is 5.75 Å². The summed E-state index contributed by atoms with van der Waals surface area (Å²) in [4.78, 5) is 10.4. The number of carboxylic acid groups (broad SMARTS) is 1. The van der Waals surface area contributed by atoms with Crippen molar-refractivity contribution in [3.63, 3.8) is 0 Å². The smallest absolute Gasteiger partial charge is 0.314 e. The minimum Gasteiger partial charge on any atom is -0.481 e. The highest BCUT2D eigenvalue weighted by Gasteiger charge is 2.12. The first-order valence-corrected chi connectivity index (χ1v) is 6.06. The Morgan fingerprint density at radius 3 is 2.94 bits per heavy atom. The number of thioether (sulfide) groups is 1. The van der Waals surface area contributed by atoms with Gasteiger partial charge in [0.25, 0.3) is 5.22 Å². The highest BCUT2D eigenvalue weighted by Crippen LogP contribution is 2.25. The summed E-state index contributed by atoms with van der Waals surface area (Å²) in [6.45, 7) is 0. The van der Waals surface area contributed by atoms with Gasteiger partial charge >= 0.3 is 5.97 Å². The van der Waals surface area contributed by atoms with Crippen LogP contribution in [0.2, 0.25) is 5.02 Å². The van der Waals surface area contributed by atoms with Gasteiger partial charge < -0.3 is 9.52 Å². The third kappa shape index (κ3) is 2.99. The molecule has 0 aliphatic rings. The van der Waals surface area contributed by atoms with Gasteiger partial charge in [-0.15, -0.1) is 10.2 Å². The highest BCUT2D eigenvalue weighted by atomic mass is 35.5. The summed E-state index contributed by atoms with van der Waals surface area (Å²) in [5, 5.41) is 15.9. The normalized spacial score (nSPS) is 10.6. The maximum absolute atomic E-state index is 13.2. The Balaban J connectivity index is 2.18. The summed E-state index contributed by atoms with van der Waals surface area (Å²) in [6, 6.07) is 4.08. The number of hydrogen-bond donors (Lipinski definition) is 1. The molecule has 0 aliphatic carbocycles. The Morgan fingerprint density at radius 1 is 1.50 bits per heavy atom. The fourth-order valence-electron chi connectivity index (χ4n) is 1.14. The predicted molar refractivity (Wildman–Crippen MR) is 63.1 cm³/mol. The van der Waals surface area contributed by atoms with Gasteiger partial charge in [-0.2, -0.15) is 0 Å². The molecule has 0 radical (unpaired) electrons. The molecule has 0 bridgehead atoms. The summed E-state index contributed by atoms with van der Waals surface area (Å²) >= 11 is 6.44. The lowest BCUT2D eigenvalue weighted by atomic mass is 10.2. The van der Waals surface area contributed by atoms with Crippen molar-refractivity contribution in [3.8, 4) is 11.5 Å². The van der Waals surface area contributed by atoms with E-state index in [0.717, 1.165) is 11.8 Å². The van der Waals surface area contributed by atoms with Crippen molar-refractivity contribution in [1.29, 1.82) is 0 Å². The third-order valence-corrected chi connectivity index (χ3v) is 3.00. The first-order valence-electron chi connectivity index (χ1n) is 4.70. The number of carbonyl (C=O) groups is 1. The van der Waals surface area contributed by atoms with Crippen molar-refractivity contribution in [1.82, 2.24) is 10.2 Å². The second kappa shape index (κ2) is 5.36. The number of nitrogens with zero attached hydrogens (tertiary/aromatic N) is 2. The minimum absolute atomic E-state index is 0.00117. The molecule has 0 aliphatic heterocycles. The fraction of sp³-hybridized carbons (Fsp3) is 0.100. The van der Waals surface area contributed by atoms with Gasteiger partial charge in [-0.25, -0.2) is 4.39 Å². The summed E-state index contributed by atoms with van der Waals surface area (Å²) < 4.78 is 18.4. The van der Waals surface area contributed by atoms with E-state index in [1.54, 1.807) is 0 Å². The summed E-state index contributed by atoms with van der Waals surface area (Å²) in [6.07, 6.45) is 0. The molecule has 0 atom stereocenters. The molecule has 0 fully saturated rings. The van der Waals surface area contributed by atoms with Crippen LogP contribution in [-0.4, -0.2) is 27.0 Å². The molecule has 1 heterocycles. The molecular weight excluding hydrogens is 283 g/mol. The van der Waals surface area contributed by atoms with E-state index in [4.69, 9.17) is 21.1 Å². The van der Waals surface area contributed by atoms with Crippen LogP contribution in [0, 0.1) is 5.82 Å². The zero-order chi connectivity index (χ0) is 13.1. The highest BCUT2D eigenvalue weighted by molar-refractivity contribution is 7.99. The van der Waals surface area contributed by atoms with Gasteiger partial charge in [-0.05, 0) is 18.2 Å². The summed E-state index contributed by atoms with van der Waals surface area (Å²) in [7, 11) is 0. The lowest BCUT2D eigenvalue weighted by Crippen LogP contribution is -1.97. The monoisotopic (exact) mass is 288 g/mol. The SMILES string of the molecule is O=C(O)CSc1nnc(-c2ccc(Cl)c(F)c2)o1. The third-order valence-electron chi connectivity index (χ3n) is 1.89. The van der Waals surface area contributed by atoms with Crippen LogP contribution in [0.25, 0.3) is 11.5 Å². The van der Waals surface area contributed by atoms with Crippen molar-refractivity contribution in [2.45, 2.75) is 5.22 Å². The Kier molecular flexibility index (Phi) is 3.83. The van der Waals surface area contributed by atoms with E-state index < -0.39 is 11.8 Å². The maximum atomic E-state index is 13.2. The topological polar surface area (TPSA) is 76.2 Å². The van der Waals surface area contributed by atoms with Crippen LogP contribution >= 0.6 is 23.4 Å². The molecule has 0 saturated carbocycles. The molecule has 0 unspecified atom stereocenters. The van der Waals surface area contributed by atoms with Crippen LogP contribution in [0.1, 0.15) is 0 Å². The molecule has 1 N–H and O–H groups in total. The van der Waals surface area contributed by atoms with E-state index in [2.05, 4.69) is 10.2 Å². The van der Waals surface area contributed by atoms with Crippen molar-refractivity contribution in [3.05, 3.63) is 29.0 Å². The van der Waals surface area contributed by atoms with Crippen LogP contribution in [-0.2, 0) is 4.79 Å². The van der Waals surface area contributed by atoms with E-state index in [1.165, 1.54) is 18.2 Å². The number of hydrogen-bond acceptors (Lipinski definition) is 5. The molecule has 5 nitrogen and oxygen atoms in total. The van der Waals surface area contributed by atoms with Crippen molar-refractivity contribution >= 4 is 29.3 Å². The molecule has 2 rings (SSSR count). The molecule has 0 amide bonds. The molecular formula is C10H6ClFN2O3S. The Bertz CT molecular complexity index is 590. The van der Waals surface area contributed by atoms with E-state index in [1.807, 2.05) is 0 Å². The molecule has 0 spiro atoms. The standard InChI is InChI=1S/C10H6ClFN2O3S/c11-6-2-1-5(3-7(6)12)9-13-14-10(17-9)18-4-8(15)16/h1-3H,4H2,(H,15,16). The van der Waals surface area contributed by atoms with E-state index in [-0.39, 0.29) is 21.9 Å². The van der Waals surface area contributed by atoms with Crippen LogP contribution in [0.3, 0.4) is 0 Å². The number of carboxylic acids is 1. The molecule has 2 aromatic rings. The van der Waals surface area contributed by atoms with Gasteiger partial charge in [0, 0.05) is 5.56 Å². The first-order chi connectivity index (χ1) is 8.56. The largest absolute Gasteiger partial charge is 0.481 e. The van der Waals surface area contributed by atoms with Crippen molar-refractivity contribution < 1.29 is 18.7 Å². The Labute approximate surface area is 110 Å². The zero-order valence-electron chi connectivity index (χ0n) is 8.76. The quantitative estimate of drug-likeness (QED) is 0.872. The van der Waals surface area contributed by atoms with Gasteiger partial charge in [0.1, 0.15) is 11.6 Å². The second-order valence-electron chi connectivity index (χ2n) is 3.18. The maximum Gasteiger partial charge on any atom is 0.314 e. The van der Waals surface area contributed by atoms with Crippen LogP contribution < -0.4 is 0 Å². The average molecular weight is 289 g/mol. The van der Waals surface area contributed by atoms with Gasteiger partial charge in [0.2, 0.25) is 5.89 Å². The second-order valence-corrected chi connectivity index (χ2v) is 4.52. The van der Waals surface area contributed by atoms with Gasteiger partial charge in [0.15, 0.2) is 0 Å². The molecule has 8 heteroatoms. The summed E-state index contributed by atoms with van der Waals surface area (Å²) in [5.74, 6) is -1.65. The lowest BCUT2D eigenvalue weighted by Gasteiger charge is -1.96. The van der Waals surface area contributed by atoms with Crippen LogP contribution in [0.5, 0.6) is 0 Å². The minimum atomic E-state index is -0.989. The molecule has 0 saturated heterocycles. The molecule has 1 aromatic carbocycles. The zero-order valence-corrected chi connectivity index (χ0v) is 10.3. The molecule has 1 aromatic heterocycles. The van der Waals surface area contributed by atoms with Crippen LogP contribution in [0.15, 0.2) is 27.8 Å². The Morgan fingerprint density at radius 2 is 2.28 bits per heavy atom. The van der Waals surface area contributed by atoms with E-state index >= 15 is 0 Å². The van der Waals surface area contributed by atoms with Crippen LogP contribution in [0.4, 0.5) is 4.39 Å². The number of rotatable bonds is 4. The van der Waals surface area contributed by atoms with E-state index in [9.17, 15) is 9.18 Å². The predicted octanol–water partition coefficient (Wildman–Crippen LogP) is 2.71. The molecule has 94 valence electrons. The van der Waals surface area contributed by atoms with Crippen molar-refractivity contribution in [2.24, 2.45) is 0 Å². The summed E-state index contributed by atoms with van der Waals surface area (Å²) in [5.41, 5.74) is 0.381. The number of aromatic nitrogens is 2. The number of aliphatic carboxylic acids is 1. The fourth-order valence-corrected chi connectivity index (χ4v) is 1.74. The van der Waals surface area contributed by atoms with Gasteiger partial charge in [-0.1, -0.05) is 23.4 Å². The van der Waals surface area contributed by atoms with Gasteiger partial charge in [-0.3, -0.25) is 4.79 Å². The molecule has 18 heavy (non-hydrogen) atoms. The number of halogens is 2. The number of benzene rings is 1. The first kappa shape index (κ1) is 12.8. The lowest BCUT2D eigenvalue weighted by molar-refractivity contribution is -0.133. The average Bonchev–Trinajstić information content (AvgIpc) is 2.79. The van der Waals surface area contributed by atoms with Gasteiger partial charge in [0.05, 0.1) is 5.02 Å². The van der Waals surface area contributed by atoms with E-state index in [0.29, 0.717) is 5.56 Å².